The highest BCUT2D eigenvalue weighted by Gasteiger charge is 2.07. The molecule has 2 aromatic rings. The molecule has 0 aliphatic carbocycles. The predicted octanol–water partition coefficient (Wildman–Crippen LogP) is 2.47. The maximum Gasteiger partial charge on any atom is 0.171 e. The number of aromatic amines is 1. The Morgan fingerprint density at radius 2 is 2.07 bits per heavy atom. The number of carbonyl (C=O) groups is 1. The van der Waals surface area contributed by atoms with Gasteiger partial charge in [-0.05, 0) is 5.56 Å². The monoisotopic (exact) mass is 220 g/mol. The van der Waals surface area contributed by atoms with Crippen LogP contribution >= 0.6 is 11.6 Å². The first-order valence-corrected chi connectivity index (χ1v) is 4.91. The third-order valence-corrected chi connectivity index (χ3v) is 2.35. The molecule has 1 aromatic carbocycles. The minimum atomic E-state index is 0.266. The molecule has 0 aliphatic rings. The van der Waals surface area contributed by atoms with Gasteiger partial charge in [0.1, 0.15) is 16.7 Å². The molecule has 1 heterocycles. The topological polar surface area (TPSA) is 45.8 Å². The molecule has 0 fully saturated rings. The standard InChI is InChI=1S/C11H9ClN2O/c12-11-9(7-15)13-10(14-11)6-8-4-2-1-3-5-8/h1-5,7H,6H2,(H,13,14). The van der Waals surface area contributed by atoms with E-state index < -0.39 is 0 Å². The normalized spacial score (nSPS) is 10.2. The summed E-state index contributed by atoms with van der Waals surface area (Å²) >= 11 is 5.76. The SMILES string of the molecule is O=Cc1nc(Cc2ccccc2)[nH]c1Cl. The Bertz CT molecular complexity index is 465. The molecular formula is C11H9ClN2O. The van der Waals surface area contributed by atoms with Crippen molar-refractivity contribution >= 4 is 17.9 Å². The number of aldehydes is 1. The van der Waals surface area contributed by atoms with Crippen molar-refractivity contribution in [1.29, 1.82) is 0 Å². The number of benzene rings is 1. The minimum Gasteiger partial charge on any atom is -0.332 e. The van der Waals surface area contributed by atoms with E-state index in [0.29, 0.717) is 23.7 Å². The number of hydrogen-bond acceptors (Lipinski definition) is 2. The number of hydrogen-bond donors (Lipinski definition) is 1. The Labute approximate surface area is 92.1 Å². The van der Waals surface area contributed by atoms with Gasteiger partial charge in [-0.15, -0.1) is 0 Å². The van der Waals surface area contributed by atoms with E-state index in [1.54, 1.807) is 0 Å². The molecule has 1 aromatic heterocycles. The van der Waals surface area contributed by atoms with Crippen molar-refractivity contribution < 1.29 is 4.79 Å². The van der Waals surface area contributed by atoms with E-state index in [0.717, 1.165) is 5.56 Å². The second-order valence-electron chi connectivity index (χ2n) is 3.16. The van der Waals surface area contributed by atoms with Gasteiger partial charge in [-0.2, -0.15) is 0 Å². The minimum absolute atomic E-state index is 0.266. The molecule has 76 valence electrons. The predicted molar refractivity (Wildman–Crippen MR) is 58.2 cm³/mol. The first kappa shape index (κ1) is 9.93. The van der Waals surface area contributed by atoms with Crippen LogP contribution in [0, 0.1) is 0 Å². The summed E-state index contributed by atoms with van der Waals surface area (Å²) in [4.78, 5) is 17.5. The Hall–Kier alpha value is -1.61. The van der Waals surface area contributed by atoms with E-state index in [1.165, 1.54) is 0 Å². The van der Waals surface area contributed by atoms with Gasteiger partial charge in [0.2, 0.25) is 0 Å². The fourth-order valence-corrected chi connectivity index (χ4v) is 1.56. The summed E-state index contributed by atoms with van der Waals surface area (Å²) in [6.07, 6.45) is 1.29. The van der Waals surface area contributed by atoms with Crippen molar-refractivity contribution in [2.75, 3.05) is 0 Å². The molecule has 0 radical (unpaired) electrons. The largest absolute Gasteiger partial charge is 0.332 e. The first-order valence-electron chi connectivity index (χ1n) is 4.53. The highest BCUT2D eigenvalue weighted by atomic mass is 35.5. The van der Waals surface area contributed by atoms with Crippen LogP contribution in [0.5, 0.6) is 0 Å². The van der Waals surface area contributed by atoms with Gasteiger partial charge in [-0.25, -0.2) is 4.98 Å². The number of carbonyl (C=O) groups excluding carboxylic acids is 1. The number of imidazole rings is 1. The van der Waals surface area contributed by atoms with Crippen molar-refractivity contribution in [2.24, 2.45) is 0 Å². The molecular weight excluding hydrogens is 212 g/mol. The zero-order valence-corrected chi connectivity index (χ0v) is 8.66. The molecule has 0 aliphatic heterocycles. The van der Waals surface area contributed by atoms with Crippen LogP contribution in [0.3, 0.4) is 0 Å². The van der Waals surface area contributed by atoms with Gasteiger partial charge in [-0.1, -0.05) is 41.9 Å². The van der Waals surface area contributed by atoms with Crippen LogP contribution in [-0.2, 0) is 6.42 Å². The Balaban J connectivity index is 2.21. The molecule has 2 rings (SSSR count). The fourth-order valence-electron chi connectivity index (χ4n) is 1.36. The van der Waals surface area contributed by atoms with E-state index in [-0.39, 0.29) is 5.69 Å². The van der Waals surface area contributed by atoms with E-state index >= 15 is 0 Å². The smallest absolute Gasteiger partial charge is 0.171 e. The molecule has 0 bridgehead atoms. The molecule has 3 nitrogen and oxygen atoms in total. The van der Waals surface area contributed by atoms with Gasteiger partial charge >= 0.3 is 0 Å². The summed E-state index contributed by atoms with van der Waals surface area (Å²) < 4.78 is 0. The van der Waals surface area contributed by atoms with Crippen LogP contribution < -0.4 is 0 Å². The highest BCUT2D eigenvalue weighted by molar-refractivity contribution is 6.31. The average Bonchev–Trinajstić information content (AvgIpc) is 2.60. The Morgan fingerprint density at radius 1 is 1.33 bits per heavy atom. The average molecular weight is 221 g/mol. The number of rotatable bonds is 3. The summed E-state index contributed by atoms with van der Waals surface area (Å²) in [6.45, 7) is 0. The number of nitrogens with zero attached hydrogens (tertiary/aromatic N) is 1. The molecule has 0 saturated heterocycles. The van der Waals surface area contributed by atoms with Crippen LogP contribution in [0.2, 0.25) is 5.15 Å². The second kappa shape index (κ2) is 4.28. The third-order valence-electron chi connectivity index (χ3n) is 2.06. The van der Waals surface area contributed by atoms with Crippen LogP contribution in [0.4, 0.5) is 0 Å². The number of H-pyrrole nitrogens is 1. The third kappa shape index (κ3) is 2.25. The van der Waals surface area contributed by atoms with Crippen LogP contribution in [0.25, 0.3) is 0 Å². The van der Waals surface area contributed by atoms with Crippen molar-refractivity contribution in [3.63, 3.8) is 0 Å². The van der Waals surface area contributed by atoms with E-state index in [1.807, 2.05) is 30.3 Å². The van der Waals surface area contributed by atoms with Crippen molar-refractivity contribution in [2.45, 2.75) is 6.42 Å². The molecule has 15 heavy (non-hydrogen) atoms. The second-order valence-corrected chi connectivity index (χ2v) is 3.54. The summed E-state index contributed by atoms with van der Waals surface area (Å²) in [5.41, 5.74) is 1.39. The fraction of sp³-hybridized carbons (Fsp3) is 0.0909. The molecule has 0 saturated carbocycles. The van der Waals surface area contributed by atoms with Crippen LogP contribution in [-0.4, -0.2) is 16.3 Å². The van der Waals surface area contributed by atoms with Gasteiger partial charge in [-0.3, -0.25) is 4.79 Å². The maximum absolute atomic E-state index is 10.5. The summed E-state index contributed by atoms with van der Waals surface area (Å²) in [6, 6.07) is 9.87. The van der Waals surface area contributed by atoms with Crippen LogP contribution in [0.1, 0.15) is 21.9 Å². The Kier molecular flexibility index (Phi) is 2.83. The zero-order chi connectivity index (χ0) is 10.7. The Morgan fingerprint density at radius 3 is 2.67 bits per heavy atom. The van der Waals surface area contributed by atoms with Crippen molar-refractivity contribution in [3.8, 4) is 0 Å². The quantitative estimate of drug-likeness (QED) is 0.808. The molecule has 4 heteroatoms. The number of halogens is 1. The molecule has 0 atom stereocenters. The molecule has 0 unspecified atom stereocenters. The van der Waals surface area contributed by atoms with Gasteiger partial charge in [0.15, 0.2) is 6.29 Å². The molecule has 0 amide bonds. The summed E-state index contributed by atoms with van der Waals surface area (Å²) in [5.74, 6) is 0.702. The number of nitrogens with one attached hydrogen (secondary N) is 1. The highest BCUT2D eigenvalue weighted by Crippen LogP contribution is 2.13. The first-order chi connectivity index (χ1) is 7.29. The van der Waals surface area contributed by atoms with Gasteiger partial charge in [0.05, 0.1) is 0 Å². The van der Waals surface area contributed by atoms with Crippen molar-refractivity contribution in [1.82, 2.24) is 9.97 Å². The van der Waals surface area contributed by atoms with Crippen LogP contribution in [0.15, 0.2) is 30.3 Å². The lowest BCUT2D eigenvalue weighted by Gasteiger charge is -1.96. The number of aromatic nitrogens is 2. The van der Waals surface area contributed by atoms with E-state index in [2.05, 4.69) is 9.97 Å². The van der Waals surface area contributed by atoms with Gasteiger partial charge in [0.25, 0.3) is 0 Å². The lowest BCUT2D eigenvalue weighted by atomic mass is 10.1. The van der Waals surface area contributed by atoms with E-state index in [4.69, 9.17) is 11.6 Å². The van der Waals surface area contributed by atoms with Gasteiger partial charge < -0.3 is 4.98 Å². The van der Waals surface area contributed by atoms with Gasteiger partial charge in [0, 0.05) is 6.42 Å². The van der Waals surface area contributed by atoms with Crippen molar-refractivity contribution in [3.05, 3.63) is 52.6 Å². The zero-order valence-electron chi connectivity index (χ0n) is 7.90. The van der Waals surface area contributed by atoms with E-state index in [9.17, 15) is 4.79 Å². The molecule has 1 N–H and O–H groups in total. The lowest BCUT2D eigenvalue weighted by Crippen LogP contribution is -1.90. The summed E-state index contributed by atoms with van der Waals surface area (Å²) in [5, 5.41) is 0.302. The summed E-state index contributed by atoms with van der Waals surface area (Å²) in [7, 11) is 0. The maximum atomic E-state index is 10.5. The molecule has 0 spiro atoms. The lowest BCUT2D eigenvalue weighted by molar-refractivity contribution is 0.111.